The summed E-state index contributed by atoms with van der Waals surface area (Å²) in [4.78, 5) is 8.50. The predicted octanol–water partition coefficient (Wildman–Crippen LogP) is 3.11. The van der Waals surface area contributed by atoms with E-state index >= 15 is 0 Å². The zero-order valence-corrected chi connectivity index (χ0v) is 11.5. The van der Waals surface area contributed by atoms with Gasteiger partial charge in [0, 0.05) is 18.8 Å². The fourth-order valence-corrected chi connectivity index (χ4v) is 2.43. The van der Waals surface area contributed by atoms with Gasteiger partial charge in [-0.25, -0.2) is 4.98 Å². The summed E-state index contributed by atoms with van der Waals surface area (Å²) in [6, 6.07) is 1.84. The monoisotopic (exact) mass is 249 g/mol. The molecular formula is C14H23N3O. The number of rotatable bonds is 4. The van der Waals surface area contributed by atoms with Gasteiger partial charge in [-0.3, -0.25) is 0 Å². The molecule has 0 aromatic carbocycles. The normalized spacial score (nSPS) is 27.8. The van der Waals surface area contributed by atoms with Gasteiger partial charge in [-0.1, -0.05) is 13.8 Å². The smallest absolute Gasteiger partial charge is 0.225 e. The molecule has 3 atom stereocenters. The van der Waals surface area contributed by atoms with E-state index in [0.717, 1.165) is 31.2 Å². The second-order valence-electron chi connectivity index (χ2n) is 5.26. The van der Waals surface area contributed by atoms with Gasteiger partial charge in [-0.2, -0.15) is 4.98 Å². The van der Waals surface area contributed by atoms with Crippen molar-refractivity contribution < 1.29 is 4.74 Å². The van der Waals surface area contributed by atoms with E-state index < -0.39 is 0 Å². The third kappa shape index (κ3) is 3.34. The molecule has 0 saturated heterocycles. The first-order valence-corrected chi connectivity index (χ1v) is 6.92. The Kier molecular flexibility index (Phi) is 4.39. The highest BCUT2D eigenvalue weighted by molar-refractivity contribution is 5.27. The summed E-state index contributed by atoms with van der Waals surface area (Å²) >= 11 is 0. The van der Waals surface area contributed by atoms with Crippen LogP contribution in [0.1, 0.15) is 40.0 Å². The van der Waals surface area contributed by atoms with Crippen molar-refractivity contribution in [3.05, 3.63) is 12.3 Å². The van der Waals surface area contributed by atoms with Crippen molar-refractivity contribution in [2.45, 2.75) is 46.1 Å². The van der Waals surface area contributed by atoms with Crippen LogP contribution in [0.15, 0.2) is 12.3 Å². The molecule has 4 heteroatoms. The van der Waals surface area contributed by atoms with E-state index in [-0.39, 0.29) is 0 Å². The molecular weight excluding hydrogens is 226 g/mol. The maximum absolute atomic E-state index is 5.97. The molecule has 0 amide bonds. The molecule has 4 nitrogen and oxygen atoms in total. The zero-order valence-electron chi connectivity index (χ0n) is 11.5. The maximum Gasteiger partial charge on any atom is 0.225 e. The van der Waals surface area contributed by atoms with Crippen molar-refractivity contribution in [2.24, 2.45) is 11.8 Å². The van der Waals surface area contributed by atoms with Crippen molar-refractivity contribution in [1.82, 2.24) is 9.97 Å². The van der Waals surface area contributed by atoms with Gasteiger partial charge in [-0.15, -0.1) is 0 Å². The van der Waals surface area contributed by atoms with Crippen molar-refractivity contribution in [1.29, 1.82) is 0 Å². The minimum Gasteiger partial charge on any atom is -0.474 e. The van der Waals surface area contributed by atoms with Gasteiger partial charge in [0.15, 0.2) is 0 Å². The van der Waals surface area contributed by atoms with Crippen LogP contribution in [0.25, 0.3) is 0 Å². The van der Waals surface area contributed by atoms with E-state index in [4.69, 9.17) is 4.74 Å². The first-order valence-electron chi connectivity index (χ1n) is 6.92. The van der Waals surface area contributed by atoms with E-state index in [0.29, 0.717) is 17.9 Å². The molecule has 0 spiro atoms. The van der Waals surface area contributed by atoms with Crippen LogP contribution >= 0.6 is 0 Å². The van der Waals surface area contributed by atoms with Crippen molar-refractivity contribution in [3.8, 4) is 5.88 Å². The number of ether oxygens (including phenoxy) is 1. The standard InChI is InChI=1S/C14H23N3O/c1-4-15-14-16-8-7-13(17-14)18-12-6-5-10(2)11(3)9-12/h7-8,10-12H,4-6,9H2,1-3H3,(H,15,16,17). The minimum absolute atomic E-state index is 0.306. The van der Waals surface area contributed by atoms with Gasteiger partial charge in [0.25, 0.3) is 0 Å². The molecule has 1 aromatic heterocycles. The lowest BCUT2D eigenvalue weighted by Crippen LogP contribution is -2.29. The number of hydrogen-bond donors (Lipinski definition) is 1. The number of hydrogen-bond acceptors (Lipinski definition) is 4. The molecule has 1 heterocycles. The first-order chi connectivity index (χ1) is 8.69. The third-order valence-electron chi connectivity index (χ3n) is 3.80. The molecule has 0 radical (unpaired) electrons. The van der Waals surface area contributed by atoms with Gasteiger partial charge in [0.2, 0.25) is 11.8 Å². The molecule has 18 heavy (non-hydrogen) atoms. The van der Waals surface area contributed by atoms with E-state index in [1.807, 2.05) is 13.0 Å². The van der Waals surface area contributed by atoms with Gasteiger partial charge in [0.05, 0.1) is 0 Å². The number of nitrogens with zero attached hydrogens (tertiary/aromatic N) is 2. The maximum atomic E-state index is 5.97. The fraction of sp³-hybridized carbons (Fsp3) is 0.714. The minimum atomic E-state index is 0.306. The van der Waals surface area contributed by atoms with Crippen molar-refractivity contribution in [3.63, 3.8) is 0 Å². The molecule has 0 bridgehead atoms. The van der Waals surface area contributed by atoms with Crippen LogP contribution in [0.4, 0.5) is 5.95 Å². The molecule has 100 valence electrons. The molecule has 1 aliphatic rings. The van der Waals surface area contributed by atoms with Crippen molar-refractivity contribution in [2.75, 3.05) is 11.9 Å². The SMILES string of the molecule is CCNc1nccc(OC2CCC(C)C(C)C2)n1. The topological polar surface area (TPSA) is 47.0 Å². The Bertz CT molecular complexity index is 383. The summed E-state index contributed by atoms with van der Waals surface area (Å²) in [6.45, 7) is 7.49. The summed E-state index contributed by atoms with van der Waals surface area (Å²) in [5.41, 5.74) is 0. The average Bonchev–Trinajstić information content (AvgIpc) is 2.35. The predicted molar refractivity (Wildman–Crippen MR) is 72.8 cm³/mol. The highest BCUT2D eigenvalue weighted by Gasteiger charge is 2.25. The van der Waals surface area contributed by atoms with Crippen LogP contribution in [0.3, 0.4) is 0 Å². The van der Waals surface area contributed by atoms with Crippen LogP contribution in [0.5, 0.6) is 5.88 Å². The number of nitrogens with one attached hydrogen (secondary N) is 1. The quantitative estimate of drug-likeness (QED) is 0.890. The summed E-state index contributed by atoms with van der Waals surface area (Å²) in [7, 11) is 0. The second kappa shape index (κ2) is 6.03. The molecule has 1 N–H and O–H groups in total. The van der Waals surface area contributed by atoms with Crippen LogP contribution < -0.4 is 10.1 Å². The van der Waals surface area contributed by atoms with Crippen LogP contribution in [-0.4, -0.2) is 22.6 Å². The van der Waals surface area contributed by atoms with Crippen LogP contribution in [0.2, 0.25) is 0 Å². The molecule has 1 aromatic rings. The Morgan fingerprint density at radius 3 is 2.89 bits per heavy atom. The third-order valence-corrected chi connectivity index (χ3v) is 3.80. The van der Waals surface area contributed by atoms with Gasteiger partial charge < -0.3 is 10.1 Å². The Morgan fingerprint density at radius 2 is 2.17 bits per heavy atom. The summed E-state index contributed by atoms with van der Waals surface area (Å²) in [5, 5.41) is 3.10. The zero-order chi connectivity index (χ0) is 13.0. The summed E-state index contributed by atoms with van der Waals surface area (Å²) in [5.74, 6) is 2.88. The second-order valence-corrected chi connectivity index (χ2v) is 5.26. The van der Waals surface area contributed by atoms with Crippen molar-refractivity contribution >= 4 is 5.95 Å². The number of anilines is 1. The highest BCUT2D eigenvalue weighted by atomic mass is 16.5. The number of aromatic nitrogens is 2. The van der Waals surface area contributed by atoms with E-state index in [1.54, 1.807) is 6.20 Å². The lowest BCUT2D eigenvalue weighted by atomic mass is 9.80. The molecule has 0 aliphatic heterocycles. The summed E-state index contributed by atoms with van der Waals surface area (Å²) < 4.78 is 5.97. The van der Waals surface area contributed by atoms with Gasteiger partial charge >= 0.3 is 0 Å². The first kappa shape index (κ1) is 13.1. The van der Waals surface area contributed by atoms with Crippen LogP contribution in [0, 0.1) is 11.8 Å². The largest absolute Gasteiger partial charge is 0.474 e. The Balaban J connectivity index is 1.94. The lowest BCUT2D eigenvalue weighted by molar-refractivity contribution is 0.0965. The molecule has 3 unspecified atom stereocenters. The van der Waals surface area contributed by atoms with Crippen LogP contribution in [-0.2, 0) is 0 Å². The lowest BCUT2D eigenvalue weighted by Gasteiger charge is -2.31. The Morgan fingerprint density at radius 1 is 1.33 bits per heavy atom. The average molecular weight is 249 g/mol. The van der Waals surface area contributed by atoms with E-state index in [9.17, 15) is 0 Å². The molecule has 2 rings (SSSR count). The van der Waals surface area contributed by atoms with E-state index in [1.165, 1.54) is 6.42 Å². The van der Waals surface area contributed by atoms with Gasteiger partial charge in [-0.05, 0) is 38.0 Å². The highest BCUT2D eigenvalue weighted by Crippen LogP contribution is 2.31. The fourth-order valence-electron chi connectivity index (χ4n) is 2.43. The van der Waals surface area contributed by atoms with Gasteiger partial charge in [0.1, 0.15) is 6.10 Å². The molecule has 1 saturated carbocycles. The molecule has 1 fully saturated rings. The Labute approximate surface area is 109 Å². The molecule has 1 aliphatic carbocycles. The van der Waals surface area contributed by atoms with E-state index in [2.05, 4.69) is 29.1 Å². The summed E-state index contributed by atoms with van der Waals surface area (Å²) in [6.07, 6.45) is 5.56. The Hall–Kier alpha value is -1.32.